The van der Waals surface area contributed by atoms with Gasteiger partial charge in [-0.25, -0.2) is 0 Å². The zero-order valence-electron chi connectivity index (χ0n) is 16.0. The predicted octanol–water partition coefficient (Wildman–Crippen LogP) is 4.69. The Morgan fingerprint density at radius 3 is 2.58 bits per heavy atom. The van der Waals surface area contributed by atoms with Crippen molar-refractivity contribution in [2.24, 2.45) is 5.92 Å². The first kappa shape index (κ1) is 16.8. The van der Waals surface area contributed by atoms with Crippen molar-refractivity contribution in [1.29, 1.82) is 0 Å². The van der Waals surface area contributed by atoms with Crippen LogP contribution >= 0.6 is 11.3 Å². The van der Waals surface area contributed by atoms with Crippen LogP contribution in [0.4, 0.5) is 0 Å². The van der Waals surface area contributed by atoms with Crippen LogP contribution in [0.3, 0.4) is 0 Å². The minimum absolute atomic E-state index is 0.0588. The fourth-order valence-corrected chi connectivity index (χ4v) is 6.54. The summed E-state index contributed by atoms with van der Waals surface area (Å²) in [5.41, 5.74) is 2.94. The molecule has 2 aromatic rings. The summed E-state index contributed by atoms with van der Waals surface area (Å²) in [6.45, 7) is 9.15. The van der Waals surface area contributed by atoms with Crippen LogP contribution in [0.2, 0.25) is 0 Å². The lowest BCUT2D eigenvalue weighted by molar-refractivity contribution is -0.0377. The van der Waals surface area contributed by atoms with E-state index in [0.717, 1.165) is 4.88 Å². The van der Waals surface area contributed by atoms with Crippen molar-refractivity contribution in [3.05, 3.63) is 34.2 Å². The molecule has 0 radical (unpaired) electrons. The summed E-state index contributed by atoms with van der Waals surface area (Å²) in [4.78, 5) is 16.5. The van der Waals surface area contributed by atoms with Gasteiger partial charge in [-0.15, -0.1) is 11.3 Å². The number of carbonyl (C=O) groups is 1. The number of fused-ring (bicyclic) bond motifs is 4. The molecule has 1 aromatic carbocycles. The number of rotatable bonds is 3. The fourth-order valence-electron chi connectivity index (χ4n) is 5.30. The molecule has 1 amide bonds. The van der Waals surface area contributed by atoms with Gasteiger partial charge in [0.05, 0.1) is 4.88 Å². The Balaban J connectivity index is 1.45. The highest BCUT2D eigenvalue weighted by Gasteiger charge is 2.48. The van der Waals surface area contributed by atoms with Crippen molar-refractivity contribution in [3.8, 4) is 0 Å². The number of hydrogen-bond donors (Lipinski definition) is 1. The van der Waals surface area contributed by atoms with Gasteiger partial charge in [-0.05, 0) is 94.0 Å². The number of carbonyl (C=O) groups excluding carboxylic acids is 1. The predicted molar refractivity (Wildman–Crippen MR) is 108 cm³/mol. The van der Waals surface area contributed by atoms with Crippen LogP contribution in [0.15, 0.2) is 18.2 Å². The zero-order chi connectivity index (χ0) is 18.1. The Kier molecular flexibility index (Phi) is 3.74. The third kappa shape index (κ3) is 2.53. The molecule has 4 heterocycles. The molecule has 2 bridgehead atoms. The molecule has 1 N–H and O–H groups in total. The van der Waals surface area contributed by atoms with Crippen LogP contribution < -0.4 is 5.32 Å². The summed E-state index contributed by atoms with van der Waals surface area (Å²) < 4.78 is 1.34. The number of amides is 1. The summed E-state index contributed by atoms with van der Waals surface area (Å²) in [5.74, 6) is 1.46. The number of aryl methyl sites for hydroxylation is 1. The molecule has 3 nitrogen and oxygen atoms in total. The Labute approximate surface area is 159 Å². The Morgan fingerprint density at radius 1 is 1.19 bits per heavy atom. The minimum Gasteiger partial charge on any atom is -0.346 e. The topological polar surface area (TPSA) is 32.3 Å². The van der Waals surface area contributed by atoms with Gasteiger partial charge < -0.3 is 5.32 Å². The van der Waals surface area contributed by atoms with Crippen molar-refractivity contribution in [2.45, 2.75) is 64.0 Å². The molecular weight excluding hydrogens is 340 g/mol. The second-order valence-electron chi connectivity index (χ2n) is 9.03. The van der Waals surface area contributed by atoms with Crippen LogP contribution in [-0.2, 0) is 0 Å². The van der Waals surface area contributed by atoms with Crippen LogP contribution in [0.25, 0.3) is 10.1 Å². The molecule has 138 valence electrons. The Hall–Kier alpha value is -1.39. The number of nitrogens with zero attached hydrogens (tertiary/aromatic N) is 1. The highest BCUT2D eigenvalue weighted by molar-refractivity contribution is 7.21. The van der Waals surface area contributed by atoms with E-state index in [1.54, 1.807) is 11.3 Å². The molecule has 1 aliphatic carbocycles. The van der Waals surface area contributed by atoms with E-state index in [0.29, 0.717) is 11.8 Å². The van der Waals surface area contributed by atoms with Gasteiger partial charge >= 0.3 is 0 Å². The molecule has 0 spiro atoms. The summed E-state index contributed by atoms with van der Waals surface area (Å²) in [7, 11) is 0. The number of hydrogen-bond acceptors (Lipinski definition) is 3. The van der Waals surface area contributed by atoms with Crippen LogP contribution in [0.5, 0.6) is 0 Å². The molecule has 3 saturated heterocycles. The van der Waals surface area contributed by atoms with Crippen molar-refractivity contribution in [1.82, 2.24) is 10.2 Å². The second-order valence-corrected chi connectivity index (χ2v) is 10.1. The molecule has 26 heavy (non-hydrogen) atoms. The van der Waals surface area contributed by atoms with Gasteiger partial charge in [0.1, 0.15) is 0 Å². The molecular formula is C22H28N2OS. The first-order valence-corrected chi connectivity index (χ1v) is 10.9. The van der Waals surface area contributed by atoms with Gasteiger partial charge in [0.2, 0.25) is 0 Å². The van der Waals surface area contributed by atoms with E-state index in [9.17, 15) is 4.79 Å². The Bertz CT molecular complexity index is 872. The molecule has 6 rings (SSSR count). The fraction of sp³-hybridized carbons (Fsp3) is 0.591. The zero-order valence-corrected chi connectivity index (χ0v) is 16.8. The highest BCUT2D eigenvalue weighted by Crippen LogP contribution is 2.47. The molecule has 3 aliphatic heterocycles. The van der Waals surface area contributed by atoms with Crippen LogP contribution in [0, 0.1) is 12.8 Å². The van der Waals surface area contributed by atoms with Crippen molar-refractivity contribution in [2.75, 3.05) is 13.1 Å². The number of thiophene rings is 1. The SMILES string of the molecule is Cc1ccc2cc(C(=O)NC3C4CCN(CC4)C3(C)C)sc2c1C1CC1. The first-order valence-electron chi connectivity index (χ1n) is 10.0. The van der Waals surface area contributed by atoms with Crippen LogP contribution in [-0.4, -0.2) is 35.5 Å². The van der Waals surface area contributed by atoms with Gasteiger partial charge in [0.15, 0.2) is 0 Å². The number of benzene rings is 1. The smallest absolute Gasteiger partial charge is 0.261 e. The van der Waals surface area contributed by atoms with E-state index in [-0.39, 0.29) is 17.5 Å². The lowest BCUT2D eigenvalue weighted by atomic mass is 9.72. The lowest BCUT2D eigenvalue weighted by Crippen LogP contribution is -2.69. The van der Waals surface area contributed by atoms with Crippen LogP contribution in [0.1, 0.15) is 66.2 Å². The van der Waals surface area contributed by atoms with Gasteiger partial charge in [-0.2, -0.15) is 0 Å². The molecule has 4 aliphatic rings. The molecule has 1 atom stereocenters. The molecule has 4 heteroatoms. The molecule has 1 saturated carbocycles. The number of piperidine rings is 3. The summed E-state index contributed by atoms with van der Waals surface area (Å²) >= 11 is 1.70. The maximum atomic E-state index is 13.1. The maximum Gasteiger partial charge on any atom is 0.261 e. The quantitative estimate of drug-likeness (QED) is 0.852. The molecule has 1 unspecified atom stereocenters. The van der Waals surface area contributed by atoms with Gasteiger partial charge in [-0.3, -0.25) is 9.69 Å². The summed E-state index contributed by atoms with van der Waals surface area (Å²) in [5, 5.41) is 4.66. The average molecular weight is 369 g/mol. The van der Waals surface area contributed by atoms with Gasteiger partial charge in [-0.1, -0.05) is 12.1 Å². The van der Waals surface area contributed by atoms with Crippen molar-refractivity contribution < 1.29 is 4.79 Å². The molecule has 4 fully saturated rings. The van der Waals surface area contributed by atoms with E-state index in [2.05, 4.69) is 49.2 Å². The largest absolute Gasteiger partial charge is 0.346 e. The van der Waals surface area contributed by atoms with Gasteiger partial charge in [0, 0.05) is 16.3 Å². The third-order valence-electron chi connectivity index (χ3n) is 7.03. The van der Waals surface area contributed by atoms with Gasteiger partial charge in [0.25, 0.3) is 5.91 Å². The number of nitrogens with one attached hydrogen (secondary N) is 1. The average Bonchev–Trinajstić information content (AvgIpc) is 3.35. The minimum atomic E-state index is 0.0588. The maximum absolute atomic E-state index is 13.1. The summed E-state index contributed by atoms with van der Waals surface area (Å²) in [6, 6.07) is 6.77. The first-order chi connectivity index (χ1) is 12.4. The summed E-state index contributed by atoms with van der Waals surface area (Å²) in [6.07, 6.45) is 5.03. The van der Waals surface area contributed by atoms with E-state index < -0.39 is 0 Å². The molecule has 1 aromatic heterocycles. The van der Waals surface area contributed by atoms with E-state index in [1.807, 2.05) is 0 Å². The van der Waals surface area contributed by atoms with E-state index in [4.69, 9.17) is 0 Å². The van der Waals surface area contributed by atoms with E-state index >= 15 is 0 Å². The Morgan fingerprint density at radius 2 is 1.92 bits per heavy atom. The highest BCUT2D eigenvalue weighted by atomic mass is 32.1. The normalized spacial score (nSPS) is 29.9. The lowest BCUT2D eigenvalue weighted by Gasteiger charge is -2.56. The standard InChI is InChI=1S/C22H28N2OS/c1-13-4-5-16-12-17(26-19(16)18(13)14-6-7-14)21(25)23-20-15-8-10-24(11-9-15)22(20,2)3/h4-5,12,14-15,20H,6-11H2,1-3H3,(H,23,25). The third-order valence-corrected chi connectivity index (χ3v) is 8.21. The monoisotopic (exact) mass is 368 g/mol. The van der Waals surface area contributed by atoms with E-state index in [1.165, 1.54) is 60.0 Å². The van der Waals surface area contributed by atoms with Crippen molar-refractivity contribution >= 4 is 27.3 Å². The second kappa shape index (κ2) is 5.80. The van der Waals surface area contributed by atoms with Crippen molar-refractivity contribution in [3.63, 3.8) is 0 Å².